The number of nitro benzene ring substituents is 1. The second-order valence-electron chi connectivity index (χ2n) is 5.54. The first-order valence-electron chi connectivity index (χ1n) is 7.39. The van der Waals surface area contributed by atoms with Crippen LogP contribution in [0.1, 0.15) is 22.3 Å². The molecule has 0 fully saturated rings. The van der Waals surface area contributed by atoms with E-state index in [2.05, 4.69) is 42.4 Å². The van der Waals surface area contributed by atoms with Crippen LogP contribution < -0.4 is 5.32 Å². The summed E-state index contributed by atoms with van der Waals surface area (Å²) in [6.45, 7) is 4.76. The average Bonchev–Trinajstić information content (AvgIpc) is 2.55. The van der Waals surface area contributed by atoms with Crippen molar-refractivity contribution in [3.63, 3.8) is 0 Å². The third-order valence-electron chi connectivity index (χ3n) is 3.83. The summed E-state index contributed by atoms with van der Waals surface area (Å²) in [6.07, 6.45) is 1.84. The Labute approximate surface area is 134 Å². The topological polar surface area (TPSA) is 67.5 Å². The van der Waals surface area contributed by atoms with E-state index in [1.165, 1.54) is 17.7 Å². The minimum Gasteiger partial charge on any atom is -0.378 e. The summed E-state index contributed by atoms with van der Waals surface area (Å²) >= 11 is 0. The van der Waals surface area contributed by atoms with Gasteiger partial charge in [-0.3, -0.25) is 15.1 Å². The van der Waals surface area contributed by atoms with Crippen molar-refractivity contribution < 1.29 is 4.92 Å². The molecule has 0 aliphatic carbocycles. The number of non-ortho nitro benzene ring substituents is 1. The molecule has 1 N–H and O–H groups in total. The fourth-order valence-corrected chi connectivity index (χ4v) is 2.71. The summed E-state index contributed by atoms with van der Waals surface area (Å²) in [5, 5.41) is 14.1. The maximum absolute atomic E-state index is 10.8. The SMILES string of the molecule is Cc1ccc(C2=C(c3ccc([N+](=O)[O-])cc3)NCC=N2)c(C)c1. The van der Waals surface area contributed by atoms with Gasteiger partial charge in [-0.1, -0.05) is 23.8 Å². The fraction of sp³-hybridized carbons (Fsp3) is 0.167. The molecule has 5 nitrogen and oxygen atoms in total. The molecule has 0 spiro atoms. The summed E-state index contributed by atoms with van der Waals surface area (Å²) in [4.78, 5) is 15.0. The highest BCUT2D eigenvalue weighted by Crippen LogP contribution is 2.30. The smallest absolute Gasteiger partial charge is 0.269 e. The highest BCUT2D eigenvalue weighted by molar-refractivity contribution is 5.95. The van der Waals surface area contributed by atoms with Gasteiger partial charge in [-0.05, 0) is 31.5 Å². The second-order valence-corrected chi connectivity index (χ2v) is 5.54. The molecule has 23 heavy (non-hydrogen) atoms. The Hall–Kier alpha value is -2.95. The Bertz CT molecular complexity index is 821. The lowest BCUT2D eigenvalue weighted by Crippen LogP contribution is -2.20. The zero-order valence-corrected chi connectivity index (χ0v) is 13.0. The van der Waals surface area contributed by atoms with Crippen molar-refractivity contribution in [2.24, 2.45) is 4.99 Å². The largest absolute Gasteiger partial charge is 0.378 e. The summed E-state index contributed by atoms with van der Waals surface area (Å²) < 4.78 is 0. The van der Waals surface area contributed by atoms with Crippen LogP contribution in [-0.2, 0) is 0 Å². The van der Waals surface area contributed by atoms with Gasteiger partial charge in [0.15, 0.2) is 0 Å². The number of benzene rings is 2. The quantitative estimate of drug-likeness (QED) is 0.694. The van der Waals surface area contributed by atoms with E-state index < -0.39 is 4.92 Å². The number of hydrogen-bond acceptors (Lipinski definition) is 4. The summed E-state index contributed by atoms with van der Waals surface area (Å²) in [6, 6.07) is 12.8. The van der Waals surface area contributed by atoms with E-state index in [4.69, 9.17) is 0 Å². The van der Waals surface area contributed by atoms with E-state index in [1.54, 1.807) is 12.1 Å². The van der Waals surface area contributed by atoms with Crippen LogP contribution in [0.3, 0.4) is 0 Å². The van der Waals surface area contributed by atoms with Crippen molar-refractivity contribution >= 4 is 23.3 Å². The minimum absolute atomic E-state index is 0.0849. The molecule has 5 heteroatoms. The van der Waals surface area contributed by atoms with Gasteiger partial charge in [-0.25, -0.2) is 0 Å². The van der Waals surface area contributed by atoms with Crippen LogP contribution >= 0.6 is 0 Å². The van der Waals surface area contributed by atoms with E-state index in [0.717, 1.165) is 28.1 Å². The maximum Gasteiger partial charge on any atom is 0.269 e. The van der Waals surface area contributed by atoms with Gasteiger partial charge in [0.2, 0.25) is 0 Å². The number of nitrogens with one attached hydrogen (secondary N) is 1. The average molecular weight is 307 g/mol. The van der Waals surface area contributed by atoms with Crippen LogP contribution in [0.2, 0.25) is 0 Å². The van der Waals surface area contributed by atoms with E-state index in [-0.39, 0.29) is 5.69 Å². The van der Waals surface area contributed by atoms with Crippen LogP contribution in [-0.4, -0.2) is 17.7 Å². The highest BCUT2D eigenvalue weighted by atomic mass is 16.6. The van der Waals surface area contributed by atoms with E-state index >= 15 is 0 Å². The lowest BCUT2D eigenvalue weighted by molar-refractivity contribution is -0.384. The first-order valence-corrected chi connectivity index (χ1v) is 7.39. The molecule has 0 bridgehead atoms. The van der Waals surface area contributed by atoms with Crippen LogP contribution in [0.5, 0.6) is 0 Å². The molecule has 0 saturated carbocycles. The standard InChI is InChI=1S/C18H17N3O2/c1-12-3-8-16(13(2)11-12)18-17(19-9-10-20-18)14-4-6-15(7-5-14)21(22)23/h3-8,10-11,19H,9H2,1-2H3. The Balaban J connectivity index is 2.10. The Morgan fingerprint density at radius 2 is 1.87 bits per heavy atom. The number of aryl methyl sites for hydroxylation is 2. The Kier molecular flexibility index (Phi) is 3.93. The number of nitro groups is 1. The normalized spacial score (nSPS) is 13.8. The monoisotopic (exact) mass is 307 g/mol. The van der Waals surface area contributed by atoms with Crippen LogP contribution in [0, 0.1) is 24.0 Å². The number of aliphatic imine (C=N–C) groups is 1. The first kappa shape index (κ1) is 15.0. The molecule has 0 unspecified atom stereocenters. The molecule has 2 aromatic rings. The van der Waals surface area contributed by atoms with Crippen molar-refractivity contribution in [2.75, 3.05) is 6.54 Å². The first-order chi connectivity index (χ1) is 11.1. The molecule has 0 aromatic heterocycles. The fourth-order valence-electron chi connectivity index (χ4n) is 2.71. The molecule has 0 atom stereocenters. The van der Waals surface area contributed by atoms with Crippen molar-refractivity contribution in [2.45, 2.75) is 13.8 Å². The third-order valence-corrected chi connectivity index (χ3v) is 3.83. The zero-order valence-electron chi connectivity index (χ0n) is 13.0. The summed E-state index contributed by atoms with van der Waals surface area (Å²) in [5.74, 6) is 0. The lowest BCUT2D eigenvalue weighted by Gasteiger charge is -2.19. The molecule has 0 saturated heterocycles. The van der Waals surface area contributed by atoms with Crippen molar-refractivity contribution in [3.8, 4) is 0 Å². The van der Waals surface area contributed by atoms with Crippen LogP contribution in [0.4, 0.5) is 5.69 Å². The van der Waals surface area contributed by atoms with Gasteiger partial charge in [-0.2, -0.15) is 0 Å². The molecule has 3 rings (SSSR count). The Morgan fingerprint density at radius 3 is 2.52 bits per heavy atom. The van der Waals surface area contributed by atoms with Gasteiger partial charge in [0.1, 0.15) is 0 Å². The third kappa shape index (κ3) is 2.99. The molecular formula is C18H17N3O2. The predicted octanol–water partition coefficient (Wildman–Crippen LogP) is 3.71. The van der Waals surface area contributed by atoms with Gasteiger partial charge in [0.25, 0.3) is 5.69 Å². The molecule has 0 radical (unpaired) electrons. The minimum atomic E-state index is -0.393. The zero-order chi connectivity index (χ0) is 16.4. The summed E-state index contributed by atoms with van der Waals surface area (Å²) in [5.41, 5.74) is 6.16. The van der Waals surface area contributed by atoms with Crippen molar-refractivity contribution in [3.05, 3.63) is 74.8 Å². The molecule has 1 heterocycles. The van der Waals surface area contributed by atoms with Gasteiger partial charge in [0.05, 0.1) is 22.9 Å². The highest BCUT2D eigenvalue weighted by Gasteiger charge is 2.16. The molecule has 2 aromatic carbocycles. The second kappa shape index (κ2) is 6.04. The van der Waals surface area contributed by atoms with E-state index in [0.29, 0.717) is 6.54 Å². The van der Waals surface area contributed by atoms with Crippen molar-refractivity contribution in [1.29, 1.82) is 0 Å². The van der Waals surface area contributed by atoms with Gasteiger partial charge < -0.3 is 5.32 Å². The maximum atomic E-state index is 10.8. The van der Waals surface area contributed by atoms with Gasteiger partial charge in [0, 0.05) is 29.5 Å². The van der Waals surface area contributed by atoms with Gasteiger partial charge in [-0.15, -0.1) is 0 Å². The van der Waals surface area contributed by atoms with Crippen molar-refractivity contribution in [1.82, 2.24) is 5.32 Å². The molecule has 0 amide bonds. The number of rotatable bonds is 3. The predicted molar refractivity (Wildman–Crippen MR) is 92.3 cm³/mol. The molecule has 116 valence electrons. The molecular weight excluding hydrogens is 290 g/mol. The molecule has 1 aliphatic rings. The molecule has 1 aliphatic heterocycles. The van der Waals surface area contributed by atoms with E-state index in [1.807, 2.05) is 6.21 Å². The lowest BCUT2D eigenvalue weighted by atomic mass is 9.99. The van der Waals surface area contributed by atoms with E-state index in [9.17, 15) is 10.1 Å². The number of hydrogen-bond donors (Lipinski definition) is 1. The summed E-state index contributed by atoms with van der Waals surface area (Å²) in [7, 11) is 0. The van der Waals surface area contributed by atoms with Gasteiger partial charge >= 0.3 is 0 Å². The van der Waals surface area contributed by atoms with Crippen LogP contribution in [0.25, 0.3) is 11.4 Å². The van der Waals surface area contributed by atoms with Crippen LogP contribution in [0.15, 0.2) is 47.5 Å². The number of nitrogens with zero attached hydrogens (tertiary/aromatic N) is 2. The Morgan fingerprint density at radius 1 is 1.13 bits per heavy atom.